The van der Waals surface area contributed by atoms with Crippen LogP contribution in [0.3, 0.4) is 0 Å². The molecule has 2 heterocycles. The van der Waals surface area contributed by atoms with Crippen LogP contribution in [0.25, 0.3) is 0 Å². The van der Waals surface area contributed by atoms with Crippen LogP contribution in [0, 0.1) is 0 Å². The van der Waals surface area contributed by atoms with E-state index >= 15 is 0 Å². The van der Waals surface area contributed by atoms with E-state index in [1.807, 2.05) is 12.1 Å². The van der Waals surface area contributed by atoms with E-state index in [1.165, 1.54) is 6.08 Å². The molecule has 0 atom stereocenters. The summed E-state index contributed by atoms with van der Waals surface area (Å²) < 4.78 is 11.1. The summed E-state index contributed by atoms with van der Waals surface area (Å²) >= 11 is 0. The number of amides is 1. The molecule has 1 aromatic heterocycles. The van der Waals surface area contributed by atoms with Crippen LogP contribution < -0.4 is 30.3 Å². The van der Waals surface area contributed by atoms with Gasteiger partial charge in [-0.15, -0.1) is 0 Å². The lowest BCUT2D eigenvalue weighted by Crippen LogP contribution is -2.44. The standard InChI is InChI=1S/C26H31N7O3/c1-5-25(34)28-18-6-9-22(35-3)21(16-18)30-26-27-11-10-24(31-26)29-20-8-7-19(17-23(20)36-4)33-14-12-32(2)13-15-33/h5-11,16-17H,1,12-15H2,2-4H3,(H,28,34)(H2,27,29,30,31). The van der Waals surface area contributed by atoms with Gasteiger partial charge >= 0.3 is 0 Å². The molecule has 0 bridgehead atoms. The molecule has 10 nitrogen and oxygen atoms in total. The maximum Gasteiger partial charge on any atom is 0.247 e. The van der Waals surface area contributed by atoms with E-state index in [1.54, 1.807) is 44.7 Å². The van der Waals surface area contributed by atoms with Crippen LogP contribution in [0.15, 0.2) is 61.3 Å². The second-order valence-corrected chi connectivity index (χ2v) is 8.30. The summed E-state index contributed by atoms with van der Waals surface area (Å²) in [7, 11) is 5.37. The van der Waals surface area contributed by atoms with Crippen molar-refractivity contribution in [2.45, 2.75) is 0 Å². The molecule has 2 aromatic carbocycles. The minimum atomic E-state index is -0.304. The number of hydrogen-bond donors (Lipinski definition) is 3. The first kappa shape index (κ1) is 24.8. The van der Waals surface area contributed by atoms with Gasteiger partial charge in [0.05, 0.1) is 25.6 Å². The van der Waals surface area contributed by atoms with E-state index in [2.05, 4.69) is 55.4 Å². The predicted molar refractivity (Wildman–Crippen MR) is 143 cm³/mol. The molecule has 1 fully saturated rings. The molecular formula is C26H31N7O3. The minimum Gasteiger partial charge on any atom is -0.495 e. The van der Waals surface area contributed by atoms with Crippen molar-refractivity contribution in [3.63, 3.8) is 0 Å². The quantitative estimate of drug-likeness (QED) is 0.387. The molecule has 0 saturated carbocycles. The first-order valence-corrected chi connectivity index (χ1v) is 11.6. The Bertz CT molecular complexity index is 1230. The number of carbonyl (C=O) groups is 1. The molecule has 4 rings (SSSR count). The average molecular weight is 490 g/mol. The van der Waals surface area contributed by atoms with E-state index in [4.69, 9.17) is 9.47 Å². The largest absolute Gasteiger partial charge is 0.495 e. The minimum absolute atomic E-state index is 0.304. The van der Waals surface area contributed by atoms with E-state index in [0.29, 0.717) is 28.9 Å². The fraction of sp³-hybridized carbons (Fsp3) is 0.269. The van der Waals surface area contributed by atoms with Crippen molar-refractivity contribution in [2.24, 2.45) is 0 Å². The SMILES string of the molecule is C=CC(=O)Nc1ccc(OC)c(Nc2nccc(Nc3ccc(N4CCN(C)CC4)cc3OC)n2)c1. The number of nitrogens with zero attached hydrogens (tertiary/aromatic N) is 4. The van der Waals surface area contributed by atoms with Crippen molar-refractivity contribution in [3.05, 3.63) is 61.3 Å². The molecule has 0 unspecified atom stereocenters. The highest BCUT2D eigenvalue weighted by molar-refractivity contribution is 5.99. The molecule has 36 heavy (non-hydrogen) atoms. The van der Waals surface area contributed by atoms with Gasteiger partial charge in [0.2, 0.25) is 11.9 Å². The monoisotopic (exact) mass is 489 g/mol. The number of likely N-dealkylation sites (N-methyl/N-ethyl adjacent to an activating group) is 1. The summed E-state index contributed by atoms with van der Waals surface area (Å²) in [5.74, 6) is 1.95. The average Bonchev–Trinajstić information content (AvgIpc) is 2.90. The second-order valence-electron chi connectivity index (χ2n) is 8.30. The van der Waals surface area contributed by atoms with Gasteiger partial charge in [-0.2, -0.15) is 4.98 Å². The van der Waals surface area contributed by atoms with Crippen molar-refractivity contribution in [1.82, 2.24) is 14.9 Å². The van der Waals surface area contributed by atoms with Gasteiger partial charge in [0.15, 0.2) is 0 Å². The number of aromatic nitrogens is 2. The number of nitrogens with one attached hydrogen (secondary N) is 3. The number of benzene rings is 2. The van der Waals surface area contributed by atoms with Crippen LogP contribution >= 0.6 is 0 Å². The second kappa shape index (κ2) is 11.4. The van der Waals surface area contributed by atoms with Crippen LogP contribution in [0.5, 0.6) is 11.5 Å². The molecule has 1 amide bonds. The molecule has 1 aliphatic rings. The van der Waals surface area contributed by atoms with E-state index in [9.17, 15) is 4.79 Å². The number of rotatable bonds is 9. The zero-order valence-corrected chi connectivity index (χ0v) is 20.7. The maximum atomic E-state index is 11.7. The molecule has 0 radical (unpaired) electrons. The van der Waals surface area contributed by atoms with E-state index in [-0.39, 0.29) is 5.91 Å². The zero-order valence-electron chi connectivity index (χ0n) is 20.7. The van der Waals surface area contributed by atoms with Gasteiger partial charge in [0.1, 0.15) is 17.3 Å². The Morgan fingerprint density at radius 2 is 1.75 bits per heavy atom. The van der Waals surface area contributed by atoms with Gasteiger partial charge in [-0.05, 0) is 49.5 Å². The summed E-state index contributed by atoms with van der Waals surface area (Å²) in [6.07, 6.45) is 2.86. The molecular weight excluding hydrogens is 458 g/mol. The van der Waals surface area contributed by atoms with Crippen molar-refractivity contribution < 1.29 is 14.3 Å². The summed E-state index contributed by atoms with van der Waals surface area (Å²) in [4.78, 5) is 25.3. The fourth-order valence-corrected chi connectivity index (χ4v) is 3.87. The van der Waals surface area contributed by atoms with Crippen molar-refractivity contribution in [2.75, 3.05) is 68.3 Å². The summed E-state index contributed by atoms with van der Waals surface area (Å²) in [6.45, 7) is 7.51. The maximum absolute atomic E-state index is 11.7. The van der Waals surface area contributed by atoms with Crippen LogP contribution in [0.1, 0.15) is 0 Å². The summed E-state index contributed by atoms with van der Waals surface area (Å²) in [5, 5.41) is 9.21. The predicted octanol–water partition coefficient (Wildman–Crippen LogP) is 3.86. The third-order valence-electron chi connectivity index (χ3n) is 5.87. The Morgan fingerprint density at radius 1 is 0.972 bits per heavy atom. The number of methoxy groups -OCH3 is 2. The fourth-order valence-electron chi connectivity index (χ4n) is 3.87. The van der Waals surface area contributed by atoms with Crippen LogP contribution in [0.2, 0.25) is 0 Å². The molecule has 1 saturated heterocycles. The van der Waals surface area contributed by atoms with Gasteiger partial charge in [0, 0.05) is 49.8 Å². The van der Waals surface area contributed by atoms with Crippen LogP contribution in [0.4, 0.5) is 34.5 Å². The molecule has 1 aliphatic heterocycles. The highest BCUT2D eigenvalue weighted by Crippen LogP contribution is 2.33. The van der Waals surface area contributed by atoms with Gasteiger partial charge < -0.3 is 35.2 Å². The van der Waals surface area contributed by atoms with Crippen LogP contribution in [-0.4, -0.2) is 68.2 Å². The number of piperazine rings is 1. The number of anilines is 6. The lowest BCUT2D eigenvalue weighted by atomic mass is 10.2. The lowest BCUT2D eigenvalue weighted by Gasteiger charge is -2.34. The normalized spacial score (nSPS) is 13.6. The van der Waals surface area contributed by atoms with Gasteiger partial charge in [0.25, 0.3) is 0 Å². The van der Waals surface area contributed by atoms with Crippen molar-refractivity contribution in [1.29, 1.82) is 0 Å². The van der Waals surface area contributed by atoms with Gasteiger partial charge in [-0.1, -0.05) is 6.58 Å². The molecule has 10 heteroatoms. The van der Waals surface area contributed by atoms with E-state index < -0.39 is 0 Å². The number of carbonyl (C=O) groups excluding carboxylic acids is 1. The summed E-state index contributed by atoms with van der Waals surface area (Å²) in [6, 6.07) is 13.1. The highest BCUT2D eigenvalue weighted by atomic mass is 16.5. The first-order chi connectivity index (χ1) is 17.5. The Balaban J connectivity index is 1.51. The molecule has 0 aliphatic carbocycles. The third-order valence-corrected chi connectivity index (χ3v) is 5.87. The lowest BCUT2D eigenvalue weighted by molar-refractivity contribution is -0.111. The third kappa shape index (κ3) is 6.02. The first-order valence-electron chi connectivity index (χ1n) is 11.6. The van der Waals surface area contributed by atoms with Gasteiger partial charge in [-0.25, -0.2) is 4.98 Å². The Hall–Kier alpha value is -4.31. The Morgan fingerprint density at radius 3 is 2.47 bits per heavy atom. The topological polar surface area (TPSA) is 104 Å². The number of ether oxygens (including phenoxy) is 2. The van der Waals surface area contributed by atoms with Crippen LogP contribution in [-0.2, 0) is 4.79 Å². The molecule has 3 aromatic rings. The van der Waals surface area contributed by atoms with Crippen molar-refractivity contribution in [3.8, 4) is 11.5 Å². The molecule has 188 valence electrons. The summed E-state index contributed by atoms with van der Waals surface area (Å²) in [5.41, 5.74) is 3.12. The van der Waals surface area contributed by atoms with Gasteiger partial charge in [-0.3, -0.25) is 4.79 Å². The Kier molecular flexibility index (Phi) is 7.86. The zero-order chi connectivity index (χ0) is 25.5. The van der Waals surface area contributed by atoms with E-state index in [0.717, 1.165) is 43.3 Å². The van der Waals surface area contributed by atoms with Crippen molar-refractivity contribution >= 4 is 40.4 Å². The Labute approximate surface area is 210 Å². The smallest absolute Gasteiger partial charge is 0.247 e. The molecule has 3 N–H and O–H groups in total. The highest BCUT2D eigenvalue weighted by Gasteiger charge is 2.16. The molecule has 0 spiro atoms. The number of hydrogen-bond acceptors (Lipinski definition) is 9.